The van der Waals surface area contributed by atoms with E-state index in [0.29, 0.717) is 23.9 Å². The molecule has 18 heavy (non-hydrogen) atoms. The van der Waals surface area contributed by atoms with Gasteiger partial charge in [-0.2, -0.15) is 0 Å². The van der Waals surface area contributed by atoms with Crippen molar-refractivity contribution in [3.05, 3.63) is 39.4 Å². The summed E-state index contributed by atoms with van der Waals surface area (Å²) >= 11 is 0. The van der Waals surface area contributed by atoms with Gasteiger partial charge in [-0.1, -0.05) is 32.9 Å². The Morgan fingerprint density at radius 3 is 2.56 bits per heavy atom. The van der Waals surface area contributed by atoms with E-state index < -0.39 is 0 Å². The number of nitrogens with one attached hydrogen (secondary N) is 1. The fourth-order valence-electron chi connectivity index (χ4n) is 1.64. The zero-order valence-corrected chi connectivity index (χ0v) is 11.6. The Balaban J connectivity index is 2.58. The highest BCUT2D eigenvalue weighted by molar-refractivity contribution is 5.42. The molecule has 0 aliphatic carbocycles. The molecule has 0 fully saturated rings. The summed E-state index contributed by atoms with van der Waals surface area (Å²) in [5.41, 5.74) is 1.87. The topological polar surface area (TPSA) is 55.2 Å². The van der Waals surface area contributed by atoms with Gasteiger partial charge in [0.2, 0.25) is 0 Å². The van der Waals surface area contributed by atoms with Crippen LogP contribution in [0.5, 0.6) is 0 Å². The summed E-state index contributed by atoms with van der Waals surface area (Å²) in [6.45, 7) is 9.97. The molecule has 0 aliphatic heterocycles. The van der Waals surface area contributed by atoms with Gasteiger partial charge in [-0.05, 0) is 30.9 Å². The van der Waals surface area contributed by atoms with Crippen LogP contribution in [0, 0.1) is 28.9 Å². The maximum Gasteiger partial charge on any atom is 0.272 e. The molecule has 100 valence electrons. The molecule has 0 heterocycles. The molecule has 0 saturated carbocycles. The Morgan fingerprint density at radius 2 is 2.00 bits per heavy atom. The maximum atomic E-state index is 10.8. The SMILES string of the molecule is Cc1ccc(CNCC(C)C(C)C)cc1[N+](=O)[O-]. The van der Waals surface area contributed by atoms with Crippen molar-refractivity contribution < 1.29 is 4.92 Å². The van der Waals surface area contributed by atoms with E-state index in [4.69, 9.17) is 0 Å². The Labute approximate surface area is 109 Å². The molecule has 0 aromatic heterocycles. The molecule has 0 saturated heterocycles. The van der Waals surface area contributed by atoms with Crippen molar-refractivity contribution in [3.63, 3.8) is 0 Å². The highest BCUT2D eigenvalue weighted by Crippen LogP contribution is 2.19. The molecule has 1 unspecified atom stereocenters. The minimum absolute atomic E-state index is 0.200. The predicted octanol–water partition coefficient (Wildman–Crippen LogP) is 3.28. The van der Waals surface area contributed by atoms with Crippen LogP contribution in [0.4, 0.5) is 5.69 Å². The molecule has 4 nitrogen and oxygen atoms in total. The fourth-order valence-corrected chi connectivity index (χ4v) is 1.64. The number of aryl methyl sites for hydroxylation is 1. The lowest BCUT2D eigenvalue weighted by Crippen LogP contribution is -2.23. The molecule has 1 aromatic carbocycles. The summed E-state index contributed by atoms with van der Waals surface area (Å²) in [6.07, 6.45) is 0. The van der Waals surface area contributed by atoms with E-state index in [0.717, 1.165) is 12.1 Å². The summed E-state index contributed by atoms with van der Waals surface area (Å²) in [7, 11) is 0. The highest BCUT2D eigenvalue weighted by Gasteiger charge is 2.11. The van der Waals surface area contributed by atoms with E-state index >= 15 is 0 Å². The van der Waals surface area contributed by atoms with Crippen molar-refractivity contribution in [2.75, 3.05) is 6.54 Å². The van der Waals surface area contributed by atoms with Crippen LogP contribution in [0.15, 0.2) is 18.2 Å². The van der Waals surface area contributed by atoms with Crippen LogP contribution >= 0.6 is 0 Å². The van der Waals surface area contributed by atoms with Crippen molar-refractivity contribution in [1.82, 2.24) is 5.32 Å². The van der Waals surface area contributed by atoms with Gasteiger partial charge in [0.1, 0.15) is 0 Å². The van der Waals surface area contributed by atoms with Crippen LogP contribution in [0.3, 0.4) is 0 Å². The molecule has 4 heteroatoms. The average molecular weight is 250 g/mol. The largest absolute Gasteiger partial charge is 0.312 e. The highest BCUT2D eigenvalue weighted by atomic mass is 16.6. The van der Waals surface area contributed by atoms with Gasteiger partial charge in [0.15, 0.2) is 0 Å². The predicted molar refractivity (Wildman–Crippen MR) is 73.5 cm³/mol. The molecule has 0 aliphatic rings. The van der Waals surface area contributed by atoms with Crippen molar-refractivity contribution in [1.29, 1.82) is 0 Å². The Bertz CT molecular complexity index is 416. The third-order valence-electron chi connectivity index (χ3n) is 3.40. The number of nitro benzene ring substituents is 1. The second-order valence-electron chi connectivity index (χ2n) is 5.23. The lowest BCUT2D eigenvalue weighted by molar-refractivity contribution is -0.385. The first-order valence-corrected chi connectivity index (χ1v) is 6.36. The third kappa shape index (κ3) is 4.11. The molecule has 0 bridgehead atoms. The monoisotopic (exact) mass is 250 g/mol. The summed E-state index contributed by atoms with van der Waals surface area (Å²) in [5.74, 6) is 1.25. The number of nitro groups is 1. The number of hydrogen-bond acceptors (Lipinski definition) is 3. The van der Waals surface area contributed by atoms with Crippen LogP contribution in [0.25, 0.3) is 0 Å². The van der Waals surface area contributed by atoms with Gasteiger partial charge in [-0.15, -0.1) is 0 Å². The molecule has 1 rings (SSSR count). The Hall–Kier alpha value is -1.42. The lowest BCUT2D eigenvalue weighted by Gasteiger charge is -2.16. The Kier molecular flexibility index (Phi) is 5.28. The number of nitrogens with zero attached hydrogens (tertiary/aromatic N) is 1. The van der Waals surface area contributed by atoms with Crippen LogP contribution in [-0.2, 0) is 6.54 Å². The lowest BCUT2D eigenvalue weighted by atomic mass is 9.98. The molecule has 1 N–H and O–H groups in total. The number of rotatable bonds is 6. The second kappa shape index (κ2) is 6.50. The minimum atomic E-state index is -0.324. The first-order valence-electron chi connectivity index (χ1n) is 6.36. The summed E-state index contributed by atoms with van der Waals surface area (Å²) < 4.78 is 0. The van der Waals surface area contributed by atoms with Crippen molar-refractivity contribution in [2.24, 2.45) is 11.8 Å². The van der Waals surface area contributed by atoms with E-state index in [1.165, 1.54) is 0 Å². The van der Waals surface area contributed by atoms with E-state index in [2.05, 4.69) is 26.1 Å². The zero-order chi connectivity index (χ0) is 13.7. The van der Waals surface area contributed by atoms with Gasteiger partial charge < -0.3 is 5.32 Å². The van der Waals surface area contributed by atoms with E-state index in [-0.39, 0.29) is 10.6 Å². The molecular formula is C14H22N2O2. The van der Waals surface area contributed by atoms with E-state index in [1.54, 1.807) is 19.1 Å². The van der Waals surface area contributed by atoms with E-state index in [9.17, 15) is 10.1 Å². The van der Waals surface area contributed by atoms with Gasteiger partial charge in [-0.3, -0.25) is 10.1 Å². The molecule has 0 radical (unpaired) electrons. The fraction of sp³-hybridized carbons (Fsp3) is 0.571. The quantitative estimate of drug-likeness (QED) is 0.622. The van der Waals surface area contributed by atoms with Crippen LogP contribution in [-0.4, -0.2) is 11.5 Å². The van der Waals surface area contributed by atoms with Gasteiger partial charge in [0, 0.05) is 18.2 Å². The molecule has 1 atom stereocenters. The number of benzene rings is 1. The first-order chi connectivity index (χ1) is 8.41. The van der Waals surface area contributed by atoms with Crippen molar-refractivity contribution in [2.45, 2.75) is 34.2 Å². The first kappa shape index (κ1) is 14.6. The van der Waals surface area contributed by atoms with Gasteiger partial charge in [0.05, 0.1) is 4.92 Å². The summed E-state index contributed by atoms with van der Waals surface area (Å²) in [4.78, 5) is 10.5. The van der Waals surface area contributed by atoms with Gasteiger partial charge in [-0.25, -0.2) is 0 Å². The van der Waals surface area contributed by atoms with Crippen LogP contribution < -0.4 is 5.32 Å². The zero-order valence-electron chi connectivity index (χ0n) is 11.6. The standard InChI is InChI=1S/C14H22N2O2/c1-10(2)12(4)8-15-9-13-6-5-11(3)14(7-13)16(17)18/h5-7,10,12,15H,8-9H2,1-4H3. The maximum absolute atomic E-state index is 10.8. The van der Waals surface area contributed by atoms with Crippen LogP contribution in [0.1, 0.15) is 31.9 Å². The summed E-state index contributed by atoms with van der Waals surface area (Å²) in [6, 6.07) is 5.40. The van der Waals surface area contributed by atoms with Crippen LogP contribution in [0.2, 0.25) is 0 Å². The molecule has 1 aromatic rings. The molecule has 0 amide bonds. The van der Waals surface area contributed by atoms with Gasteiger partial charge >= 0.3 is 0 Å². The van der Waals surface area contributed by atoms with Gasteiger partial charge in [0.25, 0.3) is 5.69 Å². The van der Waals surface area contributed by atoms with Crippen molar-refractivity contribution in [3.8, 4) is 0 Å². The normalized spacial score (nSPS) is 12.7. The van der Waals surface area contributed by atoms with E-state index in [1.807, 2.05) is 6.07 Å². The molecular weight excluding hydrogens is 228 g/mol. The molecule has 0 spiro atoms. The number of hydrogen-bond donors (Lipinski definition) is 1. The van der Waals surface area contributed by atoms with Crippen molar-refractivity contribution >= 4 is 5.69 Å². The minimum Gasteiger partial charge on any atom is -0.312 e. The summed E-state index contributed by atoms with van der Waals surface area (Å²) in [5, 5.41) is 14.2. The third-order valence-corrected chi connectivity index (χ3v) is 3.40. The second-order valence-corrected chi connectivity index (χ2v) is 5.23. The smallest absolute Gasteiger partial charge is 0.272 e. The Morgan fingerprint density at radius 1 is 1.33 bits per heavy atom. The average Bonchev–Trinajstić information content (AvgIpc) is 2.30.